The number of nitrogens with zero attached hydrogens (tertiary/aromatic N) is 1. The van der Waals surface area contributed by atoms with Crippen molar-refractivity contribution < 1.29 is 33.8 Å². The van der Waals surface area contributed by atoms with E-state index in [1.54, 1.807) is 31.2 Å². The van der Waals surface area contributed by atoms with Gasteiger partial charge in [-0.3, -0.25) is 29.4 Å². The van der Waals surface area contributed by atoms with E-state index in [-0.39, 0.29) is 19.4 Å². The van der Waals surface area contributed by atoms with Crippen LogP contribution in [0.3, 0.4) is 0 Å². The number of amides is 3. The molecule has 200 valence electrons. The fourth-order valence-electron chi connectivity index (χ4n) is 6.07. The Morgan fingerprint density at radius 3 is 2.53 bits per heavy atom. The van der Waals surface area contributed by atoms with E-state index in [9.17, 15) is 24.3 Å². The van der Waals surface area contributed by atoms with E-state index in [1.807, 2.05) is 6.07 Å². The van der Waals surface area contributed by atoms with Crippen LogP contribution in [-0.4, -0.2) is 60.5 Å². The topological polar surface area (TPSA) is 134 Å². The summed E-state index contributed by atoms with van der Waals surface area (Å²) < 4.78 is 10.6. The number of fused-ring (bicyclic) bond motifs is 4. The third kappa shape index (κ3) is 3.82. The van der Waals surface area contributed by atoms with Crippen LogP contribution < -0.4 is 20.1 Å². The second kappa shape index (κ2) is 9.59. The van der Waals surface area contributed by atoms with Crippen molar-refractivity contribution in [3.63, 3.8) is 0 Å². The average Bonchev–Trinajstić information content (AvgIpc) is 3.48. The van der Waals surface area contributed by atoms with Gasteiger partial charge in [-0.25, -0.2) is 0 Å². The molecular formula is C27H28ClN3O7. The molecule has 3 N–H and O–H groups in total. The summed E-state index contributed by atoms with van der Waals surface area (Å²) in [5, 5.41) is 15.9. The number of carboxylic acids is 1. The number of carboxylic acid groups (broad SMARTS) is 1. The van der Waals surface area contributed by atoms with E-state index >= 15 is 0 Å². The van der Waals surface area contributed by atoms with E-state index in [2.05, 4.69) is 10.6 Å². The number of likely N-dealkylation sites (tertiary alicyclic amines) is 1. The van der Waals surface area contributed by atoms with Crippen molar-refractivity contribution in [1.82, 2.24) is 10.2 Å². The molecule has 0 radical (unpaired) electrons. The summed E-state index contributed by atoms with van der Waals surface area (Å²) in [5.41, 5.74) is 1.05. The third-order valence-corrected chi connectivity index (χ3v) is 8.33. The number of ether oxygens (including phenoxy) is 2. The van der Waals surface area contributed by atoms with Crippen LogP contribution in [0.25, 0.3) is 0 Å². The molecule has 3 amide bonds. The predicted octanol–water partition coefficient (Wildman–Crippen LogP) is 2.49. The molecule has 2 aromatic carbocycles. The summed E-state index contributed by atoms with van der Waals surface area (Å²) in [4.78, 5) is 53.7. The van der Waals surface area contributed by atoms with Gasteiger partial charge in [0.1, 0.15) is 5.54 Å². The lowest BCUT2D eigenvalue weighted by Gasteiger charge is -2.29. The van der Waals surface area contributed by atoms with Gasteiger partial charge in [0.15, 0.2) is 11.5 Å². The molecule has 5 rings (SSSR count). The molecule has 2 fully saturated rings. The Morgan fingerprint density at radius 2 is 1.84 bits per heavy atom. The minimum Gasteiger partial charge on any atom is -0.493 e. The summed E-state index contributed by atoms with van der Waals surface area (Å²) in [6.07, 6.45) is 0.253. The number of carbonyl (C=O) groups is 4. The summed E-state index contributed by atoms with van der Waals surface area (Å²) in [6.45, 7) is 1.88. The average molecular weight is 542 g/mol. The molecule has 2 aromatic rings. The molecule has 10 nitrogen and oxygen atoms in total. The Hall–Kier alpha value is -3.63. The van der Waals surface area contributed by atoms with Gasteiger partial charge in [0.25, 0.3) is 0 Å². The molecule has 11 heteroatoms. The number of benzene rings is 2. The monoisotopic (exact) mass is 541 g/mol. The van der Waals surface area contributed by atoms with Crippen LogP contribution in [0.5, 0.6) is 11.5 Å². The van der Waals surface area contributed by atoms with Gasteiger partial charge in [0.05, 0.1) is 31.7 Å². The number of nitrogens with one attached hydrogen (secondary N) is 2. The quantitative estimate of drug-likeness (QED) is 0.434. The number of rotatable bonds is 8. The first-order valence-corrected chi connectivity index (χ1v) is 12.7. The van der Waals surface area contributed by atoms with Gasteiger partial charge in [0.2, 0.25) is 17.7 Å². The molecule has 2 saturated heterocycles. The maximum absolute atomic E-state index is 13.9. The van der Waals surface area contributed by atoms with E-state index in [0.29, 0.717) is 39.8 Å². The molecule has 3 aliphatic rings. The SMILES string of the molecule is COc1ccc(CCN2C(=O)[C@@H]3[C@H](CCC(=O)O)N[C@@]4(C(=O)Nc5c4ccc(Cl)c5C)[C@H]3C2=O)cc1OC. The molecule has 38 heavy (non-hydrogen) atoms. The zero-order chi connectivity index (χ0) is 27.4. The molecule has 3 heterocycles. The number of hydrogen-bond acceptors (Lipinski definition) is 7. The molecular weight excluding hydrogens is 514 g/mol. The molecule has 3 aliphatic heterocycles. The number of imide groups is 1. The zero-order valence-electron chi connectivity index (χ0n) is 21.2. The smallest absolute Gasteiger partial charge is 0.303 e. The standard InChI is InChI=1S/C27H28ClN3O7/c1-13-16(28)6-5-15-23(13)29-26(36)27(15)22-21(17(30-27)7-9-20(32)33)24(34)31(25(22)35)11-10-14-4-8-18(37-2)19(12-14)38-3/h4-6,8,12,17,21-22,30H,7,9-11H2,1-3H3,(H,29,36)(H,32,33)/t17-,21+,22+,27+/m0/s1. The number of hydrogen-bond donors (Lipinski definition) is 3. The normalized spacial score (nSPS) is 25.5. The summed E-state index contributed by atoms with van der Waals surface area (Å²) in [7, 11) is 3.06. The molecule has 0 saturated carbocycles. The fraction of sp³-hybridized carbons (Fsp3) is 0.407. The lowest BCUT2D eigenvalue weighted by atomic mass is 9.76. The lowest BCUT2D eigenvalue weighted by Crippen LogP contribution is -2.53. The second-order valence-electron chi connectivity index (χ2n) is 9.81. The van der Waals surface area contributed by atoms with Crippen molar-refractivity contribution in [2.24, 2.45) is 11.8 Å². The number of carbonyl (C=O) groups excluding carboxylic acids is 3. The zero-order valence-corrected chi connectivity index (χ0v) is 21.9. The first-order valence-electron chi connectivity index (χ1n) is 12.3. The Bertz CT molecular complexity index is 1360. The molecule has 0 unspecified atom stereocenters. The highest BCUT2D eigenvalue weighted by Gasteiger charge is 2.70. The Labute approximate surface area is 224 Å². The van der Waals surface area contributed by atoms with Gasteiger partial charge in [-0.1, -0.05) is 23.7 Å². The summed E-state index contributed by atoms with van der Waals surface area (Å²) >= 11 is 6.29. The Balaban J connectivity index is 1.50. The molecule has 4 atom stereocenters. The largest absolute Gasteiger partial charge is 0.493 e. The summed E-state index contributed by atoms with van der Waals surface area (Å²) in [5.74, 6) is -3.13. The number of anilines is 1. The van der Waals surface area contributed by atoms with Gasteiger partial charge in [-0.2, -0.15) is 0 Å². The Morgan fingerprint density at radius 1 is 1.11 bits per heavy atom. The first-order chi connectivity index (χ1) is 18.1. The summed E-state index contributed by atoms with van der Waals surface area (Å²) in [6, 6.07) is 8.05. The van der Waals surface area contributed by atoms with Crippen molar-refractivity contribution in [1.29, 1.82) is 0 Å². The molecule has 0 aromatic heterocycles. The predicted molar refractivity (Wildman–Crippen MR) is 137 cm³/mol. The van der Waals surface area contributed by atoms with Crippen molar-refractivity contribution in [3.8, 4) is 11.5 Å². The van der Waals surface area contributed by atoms with Crippen molar-refractivity contribution in [3.05, 3.63) is 52.0 Å². The number of methoxy groups -OCH3 is 2. The molecule has 0 aliphatic carbocycles. The highest BCUT2D eigenvalue weighted by molar-refractivity contribution is 6.32. The van der Waals surface area contributed by atoms with Crippen LogP contribution in [0.4, 0.5) is 5.69 Å². The van der Waals surface area contributed by atoms with Gasteiger partial charge in [0, 0.05) is 29.6 Å². The maximum Gasteiger partial charge on any atom is 0.303 e. The Kier molecular flexibility index (Phi) is 6.56. The highest BCUT2D eigenvalue weighted by atomic mass is 35.5. The van der Waals surface area contributed by atoms with Crippen LogP contribution in [0.1, 0.15) is 29.5 Å². The van der Waals surface area contributed by atoms with Crippen LogP contribution in [0.2, 0.25) is 5.02 Å². The van der Waals surface area contributed by atoms with Crippen molar-refractivity contribution in [2.45, 2.75) is 37.8 Å². The van der Waals surface area contributed by atoms with Crippen LogP contribution >= 0.6 is 11.6 Å². The van der Waals surface area contributed by atoms with E-state index in [4.69, 9.17) is 21.1 Å². The van der Waals surface area contributed by atoms with Gasteiger partial charge in [-0.15, -0.1) is 0 Å². The highest BCUT2D eigenvalue weighted by Crippen LogP contribution is 2.54. The van der Waals surface area contributed by atoms with E-state index < -0.39 is 47.1 Å². The van der Waals surface area contributed by atoms with E-state index in [0.717, 1.165) is 5.56 Å². The molecule has 0 bridgehead atoms. The molecule has 1 spiro atoms. The fourth-order valence-corrected chi connectivity index (χ4v) is 6.23. The number of halogens is 1. The first kappa shape index (κ1) is 26.0. The van der Waals surface area contributed by atoms with Crippen molar-refractivity contribution in [2.75, 3.05) is 26.1 Å². The number of aliphatic carboxylic acids is 1. The van der Waals surface area contributed by atoms with Crippen molar-refractivity contribution >= 4 is 41.0 Å². The third-order valence-electron chi connectivity index (χ3n) is 7.92. The minimum atomic E-state index is -1.50. The van der Waals surface area contributed by atoms with Crippen LogP contribution in [0, 0.1) is 18.8 Å². The van der Waals surface area contributed by atoms with Crippen LogP contribution in [0.15, 0.2) is 30.3 Å². The van der Waals surface area contributed by atoms with Gasteiger partial charge in [-0.05, 0) is 49.1 Å². The van der Waals surface area contributed by atoms with Crippen LogP contribution in [-0.2, 0) is 31.1 Å². The second-order valence-corrected chi connectivity index (χ2v) is 10.2. The van der Waals surface area contributed by atoms with E-state index in [1.165, 1.54) is 19.1 Å². The van der Waals surface area contributed by atoms with Gasteiger partial charge < -0.3 is 19.9 Å². The lowest BCUT2D eigenvalue weighted by molar-refractivity contribution is -0.143. The van der Waals surface area contributed by atoms with Gasteiger partial charge >= 0.3 is 5.97 Å². The minimum absolute atomic E-state index is 0.0932. The maximum atomic E-state index is 13.9.